The summed E-state index contributed by atoms with van der Waals surface area (Å²) >= 11 is 0. The summed E-state index contributed by atoms with van der Waals surface area (Å²) in [7, 11) is 0. The summed E-state index contributed by atoms with van der Waals surface area (Å²) in [6.07, 6.45) is 0.899. The molecule has 3 rings (SSSR count). The number of carbonyl (C=O) groups excluding carboxylic acids is 1. The van der Waals surface area contributed by atoms with Gasteiger partial charge in [0.05, 0.1) is 6.04 Å². The van der Waals surface area contributed by atoms with E-state index in [1.807, 2.05) is 25.7 Å². The molecule has 0 saturated heterocycles. The lowest BCUT2D eigenvalue weighted by Crippen LogP contribution is -2.40. The molecule has 0 fully saturated rings. The van der Waals surface area contributed by atoms with E-state index in [1.54, 1.807) is 0 Å². The second-order valence-electron chi connectivity index (χ2n) is 6.94. The van der Waals surface area contributed by atoms with Crippen molar-refractivity contribution in [3.8, 4) is 0 Å². The maximum atomic E-state index is 12.5. The molecule has 1 unspecified atom stereocenters. The van der Waals surface area contributed by atoms with Crippen LogP contribution in [0, 0.1) is 0 Å². The van der Waals surface area contributed by atoms with E-state index in [2.05, 4.69) is 30.0 Å². The van der Waals surface area contributed by atoms with Gasteiger partial charge in [-0.05, 0) is 45.2 Å². The van der Waals surface area contributed by atoms with Crippen LogP contribution in [0.1, 0.15) is 44.9 Å². The van der Waals surface area contributed by atoms with E-state index in [-0.39, 0.29) is 12.1 Å². The number of carbonyl (C=O) groups is 1. The fourth-order valence-corrected chi connectivity index (χ4v) is 3.29. The third-order valence-electron chi connectivity index (χ3n) is 4.27. The Labute approximate surface area is 126 Å². The van der Waals surface area contributed by atoms with Crippen LogP contribution in [0.25, 0.3) is 0 Å². The highest BCUT2D eigenvalue weighted by Gasteiger charge is 2.34. The highest BCUT2D eigenvalue weighted by Crippen LogP contribution is 2.39. The van der Waals surface area contributed by atoms with Gasteiger partial charge in [-0.25, -0.2) is 4.79 Å². The standard InChI is InChI=1S/C17H24N2O2/c1-12-14-7-5-6-13-8-9-18(15(13)14)10-11-19(12)16(20)21-17(2,3)4/h5-7,12H,8-11H2,1-4H3. The van der Waals surface area contributed by atoms with Crippen LogP contribution >= 0.6 is 0 Å². The second kappa shape index (κ2) is 4.93. The number of nitrogens with zero attached hydrogens (tertiary/aromatic N) is 2. The molecule has 4 heteroatoms. The van der Waals surface area contributed by atoms with Crippen molar-refractivity contribution in [1.82, 2.24) is 4.90 Å². The normalized spacial score (nSPS) is 21.0. The monoisotopic (exact) mass is 288 g/mol. The van der Waals surface area contributed by atoms with Crippen molar-refractivity contribution in [2.75, 3.05) is 24.5 Å². The number of benzene rings is 1. The number of ether oxygens (including phenoxy) is 1. The molecule has 1 aromatic rings. The quantitative estimate of drug-likeness (QED) is 0.734. The summed E-state index contributed by atoms with van der Waals surface area (Å²) in [5.74, 6) is 0. The van der Waals surface area contributed by atoms with Gasteiger partial charge in [-0.15, -0.1) is 0 Å². The van der Waals surface area contributed by atoms with Gasteiger partial charge >= 0.3 is 6.09 Å². The molecule has 0 saturated carbocycles. The van der Waals surface area contributed by atoms with E-state index in [9.17, 15) is 4.79 Å². The molecule has 2 aliphatic heterocycles. The third kappa shape index (κ3) is 2.59. The highest BCUT2D eigenvalue weighted by molar-refractivity contribution is 5.72. The zero-order chi connectivity index (χ0) is 15.2. The van der Waals surface area contributed by atoms with Gasteiger partial charge in [0.25, 0.3) is 0 Å². The molecule has 1 aromatic carbocycles. The zero-order valence-electron chi connectivity index (χ0n) is 13.3. The summed E-state index contributed by atoms with van der Waals surface area (Å²) in [6, 6.07) is 6.50. The van der Waals surface area contributed by atoms with Crippen LogP contribution in [0.5, 0.6) is 0 Å². The Kier molecular flexibility index (Phi) is 3.34. The largest absolute Gasteiger partial charge is 0.444 e. The van der Waals surface area contributed by atoms with Gasteiger partial charge in [-0.2, -0.15) is 0 Å². The first-order chi connectivity index (χ1) is 9.87. The first-order valence-corrected chi connectivity index (χ1v) is 7.73. The van der Waals surface area contributed by atoms with E-state index >= 15 is 0 Å². The summed E-state index contributed by atoms with van der Waals surface area (Å²) < 4.78 is 5.57. The van der Waals surface area contributed by atoms with E-state index in [0.29, 0.717) is 6.54 Å². The summed E-state index contributed by atoms with van der Waals surface area (Å²) in [6.45, 7) is 10.5. The fourth-order valence-electron chi connectivity index (χ4n) is 3.29. The van der Waals surface area contributed by atoms with E-state index in [4.69, 9.17) is 4.74 Å². The van der Waals surface area contributed by atoms with Gasteiger partial charge in [0.2, 0.25) is 0 Å². The number of rotatable bonds is 0. The van der Waals surface area contributed by atoms with Crippen molar-refractivity contribution >= 4 is 11.8 Å². The van der Waals surface area contributed by atoms with Crippen molar-refractivity contribution in [3.63, 3.8) is 0 Å². The zero-order valence-corrected chi connectivity index (χ0v) is 13.3. The van der Waals surface area contributed by atoms with E-state index in [0.717, 1.165) is 19.5 Å². The van der Waals surface area contributed by atoms with Crippen molar-refractivity contribution in [2.24, 2.45) is 0 Å². The summed E-state index contributed by atoms with van der Waals surface area (Å²) in [5, 5.41) is 0. The molecule has 2 heterocycles. The maximum absolute atomic E-state index is 12.5. The Balaban J connectivity index is 1.92. The van der Waals surface area contributed by atoms with Crippen LogP contribution in [0.4, 0.5) is 10.5 Å². The van der Waals surface area contributed by atoms with Crippen LogP contribution in [0.3, 0.4) is 0 Å². The van der Waals surface area contributed by atoms with Crippen molar-refractivity contribution in [3.05, 3.63) is 29.3 Å². The molecule has 0 radical (unpaired) electrons. The molecule has 0 bridgehead atoms. The molecule has 0 aliphatic carbocycles. The fraction of sp³-hybridized carbons (Fsp3) is 0.588. The molecule has 4 nitrogen and oxygen atoms in total. The minimum atomic E-state index is -0.454. The second-order valence-corrected chi connectivity index (χ2v) is 6.94. The average Bonchev–Trinajstić information content (AvgIpc) is 2.73. The van der Waals surface area contributed by atoms with Gasteiger partial charge in [-0.3, -0.25) is 4.90 Å². The van der Waals surface area contributed by atoms with Crippen molar-refractivity contribution in [2.45, 2.75) is 45.8 Å². The first-order valence-electron chi connectivity index (χ1n) is 7.73. The molecule has 2 aliphatic rings. The predicted molar refractivity (Wildman–Crippen MR) is 83.7 cm³/mol. The first kappa shape index (κ1) is 14.2. The lowest BCUT2D eigenvalue weighted by Gasteiger charge is -2.30. The number of hydrogen-bond donors (Lipinski definition) is 0. The van der Waals surface area contributed by atoms with E-state index < -0.39 is 5.60 Å². The smallest absolute Gasteiger partial charge is 0.410 e. The average molecular weight is 288 g/mol. The number of hydrogen-bond acceptors (Lipinski definition) is 3. The third-order valence-corrected chi connectivity index (χ3v) is 4.27. The van der Waals surface area contributed by atoms with Gasteiger partial charge in [0.15, 0.2) is 0 Å². The van der Waals surface area contributed by atoms with Crippen LogP contribution in [-0.4, -0.2) is 36.2 Å². The number of amides is 1. The Bertz CT molecular complexity index is 562. The lowest BCUT2D eigenvalue weighted by atomic mass is 10.0. The predicted octanol–water partition coefficient (Wildman–Crippen LogP) is 3.36. The summed E-state index contributed by atoms with van der Waals surface area (Å²) in [4.78, 5) is 16.8. The molecular weight excluding hydrogens is 264 g/mol. The minimum Gasteiger partial charge on any atom is -0.444 e. The van der Waals surface area contributed by atoms with Gasteiger partial charge in [0, 0.05) is 25.3 Å². The van der Waals surface area contributed by atoms with Crippen LogP contribution in [0.15, 0.2) is 18.2 Å². The Morgan fingerprint density at radius 1 is 1.24 bits per heavy atom. The molecule has 1 amide bonds. The van der Waals surface area contributed by atoms with Crippen molar-refractivity contribution in [1.29, 1.82) is 0 Å². The molecule has 1 atom stereocenters. The maximum Gasteiger partial charge on any atom is 0.410 e. The molecule has 114 valence electrons. The van der Waals surface area contributed by atoms with E-state index in [1.165, 1.54) is 16.8 Å². The molecule has 21 heavy (non-hydrogen) atoms. The molecular formula is C17H24N2O2. The minimum absolute atomic E-state index is 0.0536. The summed E-state index contributed by atoms with van der Waals surface area (Å²) in [5.41, 5.74) is 3.54. The molecule has 0 aromatic heterocycles. The number of para-hydroxylation sites is 1. The number of anilines is 1. The Morgan fingerprint density at radius 3 is 2.71 bits per heavy atom. The Morgan fingerprint density at radius 2 is 2.00 bits per heavy atom. The van der Waals surface area contributed by atoms with Crippen LogP contribution in [0.2, 0.25) is 0 Å². The molecule has 0 spiro atoms. The lowest BCUT2D eigenvalue weighted by molar-refractivity contribution is 0.0185. The van der Waals surface area contributed by atoms with Gasteiger partial charge < -0.3 is 9.64 Å². The Hall–Kier alpha value is -1.71. The van der Waals surface area contributed by atoms with Crippen molar-refractivity contribution < 1.29 is 9.53 Å². The van der Waals surface area contributed by atoms with Crippen LogP contribution in [-0.2, 0) is 11.2 Å². The van der Waals surface area contributed by atoms with Crippen LogP contribution < -0.4 is 4.90 Å². The van der Waals surface area contributed by atoms with Gasteiger partial charge in [-0.1, -0.05) is 18.2 Å². The molecule has 0 N–H and O–H groups in total. The van der Waals surface area contributed by atoms with Gasteiger partial charge in [0.1, 0.15) is 5.60 Å². The SMILES string of the molecule is CC1c2cccc3c2N(CC3)CCN1C(=O)OC(C)(C)C. The topological polar surface area (TPSA) is 32.8 Å². The highest BCUT2D eigenvalue weighted by atomic mass is 16.6.